The molecule has 0 radical (unpaired) electrons. The predicted molar refractivity (Wildman–Crippen MR) is 119 cm³/mol. The van der Waals surface area contributed by atoms with Crippen LogP contribution in [0.25, 0.3) is 0 Å². The van der Waals surface area contributed by atoms with E-state index >= 15 is 0 Å². The van der Waals surface area contributed by atoms with E-state index in [-0.39, 0.29) is 12.5 Å². The number of carbonyl (C=O) groups is 1. The minimum atomic E-state index is -0.859. The van der Waals surface area contributed by atoms with Crippen LogP contribution in [0.5, 0.6) is 0 Å². The maximum absolute atomic E-state index is 11.6. The van der Waals surface area contributed by atoms with Crippen molar-refractivity contribution in [2.45, 2.75) is 103 Å². The van der Waals surface area contributed by atoms with E-state index < -0.39 is 12.1 Å². The highest BCUT2D eigenvalue weighted by atomic mass is 16.3. The van der Waals surface area contributed by atoms with Crippen molar-refractivity contribution in [1.82, 2.24) is 5.32 Å². The van der Waals surface area contributed by atoms with E-state index in [0.717, 1.165) is 32.1 Å². The normalized spacial score (nSPS) is 14.3. The van der Waals surface area contributed by atoms with Gasteiger partial charge in [0.1, 0.15) is 0 Å². The van der Waals surface area contributed by atoms with Gasteiger partial charge in [-0.3, -0.25) is 4.79 Å². The van der Waals surface area contributed by atoms with Gasteiger partial charge in [-0.1, -0.05) is 76.0 Å². The first-order valence-corrected chi connectivity index (χ1v) is 11.2. The van der Waals surface area contributed by atoms with Gasteiger partial charge in [-0.2, -0.15) is 0 Å². The van der Waals surface area contributed by atoms with Crippen molar-refractivity contribution in [3.63, 3.8) is 0 Å². The third-order valence-electron chi connectivity index (χ3n) is 4.57. The Bertz CT molecular complexity index is 443. The maximum atomic E-state index is 11.6. The summed E-state index contributed by atoms with van der Waals surface area (Å²) in [6.45, 7) is 3.90. The Morgan fingerprint density at radius 2 is 1.39 bits per heavy atom. The lowest BCUT2D eigenvalue weighted by molar-refractivity contribution is -0.122. The fraction of sp³-hybridized carbons (Fsp3) is 0.708. The minimum absolute atomic E-state index is 0.137. The Kier molecular flexibility index (Phi) is 19.3. The third-order valence-corrected chi connectivity index (χ3v) is 4.57. The average molecular weight is 394 g/mol. The molecule has 3 N–H and O–H groups in total. The molecule has 0 fully saturated rings. The smallest absolute Gasteiger partial charge is 0.220 e. The van der Waals surface area contributed by atoms with Crippen LogP contribution in [0.15, 0.2) is 36.5 Å². The fourth-order valence-electron chi connectivity index (χ4n) is 2.84. The second-order valence-electron chi connectivity index (χ2n) is 7.33. The molecule has 0 bridgehead atoms. The van der Waals surface area contributed by atoms with Gasteiger partial charge in [-0.15, -0.1) is 0 Å². The van der Waals surface area contributed by atoms with Crippen molar-refractivity contribution in [3.05, 3.63) is 36.5 Å². The zero-order valence-electron chi connectivity index (χ0n) is 18.1. The number of aliphatic hydroxyl groups excluding tert-OH is 2. The summed E-state index contributed by atoms with van der Waals surface area (Å²) >= 11 is 0. The second-order valence-corrected chi connectivity index (χ2v) is 7.33. The summed E-state index contributed by atoms with van der Waals surface area (Å²) in [7, 11) is 0. The molecular weight excluding hydrogens is 350 g/mol. The van der Waals surface area contributed by atoms with Crippen LogP contribution in [-0.4, -0.2) is 34.9 Å². The Labute approximate surface area is 172 Å². The summed E-state index contributed by atoms with van der Waals surface area (Å²) in [6, 6.07) is -0.635. The van der Waals surface area contributed by atoms with Crippen LogP contribution in [0.1, 0.15) is 90.9 Å². The lowest BCUT2D eigenvalue weighted by Gasteiger charge is -2.19. The van der Waals surface area contributed by atoms with E-state index in [1.165, 1.54) is 38.5 Å². The van der Waals surface area contributed by atoms with Crippen molar-refractivity contribution in [3.8, 4) is 0 Å². The van der Waals surface area contributed by atoms with Gasteiger partial charge in [0.15, 0.2) is 0 Å². The standard InChI is InChI=1S/C24H43NO3/c1-3-5-6-7-8-9-10-11-12-13-14-15-16-17-18-20-23(27)22(21-26)25-24(28)19-4-2/h10-11,14-15,18,20,22-23,26-27H,3-9,12-13,16-17,19,21H2,1-2H3,(H,25,28)/b11-10+,15-14+,20-18+. The first kappa shape index (κ1) is 26.6. The van der Waals surface area contributed by atoms with Crippen LogP contribution in [0.3, 0.4) is 0 Å². The Balaban J connectivity index is 3.74. The molecule has 0 rings (SSSR count). The van der Waals surface area contributed by atoms with Crippen molar-refractivity contribution in [2.24, 2.45) is 0 Å². The minimum Gasteiger partial charge on any atom is -0.394 e. The summed E-state index contributed by atoms with van der Waals surface area (Å²) in [6.07, 6.45) is 24.6. The van der Waals surface area contributed by atoms with Gasteiger partial charge in [-0.05, 0) is 44.9 Å². The Morgan fingerprint density at radius 1 is 0.821 bits per heavy atom. The molecule has 0 spiro atoms. The molecule has 0 saturated carbocycles. The molecule has 4 nitrogen and oxygen atoms in total. The molecule has 4 heteroatoms. The van der Waals surface area contributed by atoms with Gasteiger partial charge in [-0.25, -0.2) is 0 Å². The highest BCUT2D eigenvalue weighted by Gasteiger charge is 2.17. The van der Waals surface area contributed by atoms with Gasteiger partial charge in [0.2, 0.25) is 5.91 Å². The molecule has 0 aliphatic rings. The number of allylic oxidation sites excluding steroid dienone is 5. The topological polar surface area (TPSA) is 69.6 Å². The van der Waals surface area contributed by atoms with Gasteiger partial charge in [0.25, 0.3) is 0 Å². The SMILES string of the molecule is CCCCCCC/C=C/CC/C=C/CC/C=C/C(O)C(CO)NC(=O)CCC. The number of unbranched alkanes of at least 4 members (excludes halogenated alkanes) is 7. The van der Waals surface area contributed by atoms with E-state index in [1.54, 1.807) is 6.08 Å². The molecule has 0 aromatic heterocycles. The number of rotatable bonds is 18. The second kappa shape index (κ2) is 20.3. The third kappa shape index (κ3) is 16.8. The largest absolute Gasteiger partial charge is 0.394 e. The zero-order valence-corrected chi connectivity index (χ0v) is 18.1. The molecule has 0 aliphatic carbocycles. The summed E-state index contributed by atoms with van der Waals surface area (Å²) in [4.78, 5) is 11.6. The van der Waals surface area contributed by atoms with E-state index in [4.69, 9.17) is 0 Å². The summed E-state index contributed by atoms with van der Waals surface area (Å²) in [5, 5.41) is 22.0. The molecule has 28 heavy (non-hydrogen) atoms. The lowest BCUT2D eigenvalue weighted by Crippen LogP contribution is -2.45. The number of aliphatic hydroxyl groups is 2. The molecule has 0 aromatic carbocycles. The van der Waals surface area contributed by atoms with Crippen LogP contribution in [0, 0.1) is 0 Å². The van der Waals surface area contributed by atoms with E-state index in [0.29, 0.717) is 6.42 Å². The summed E-state index contributed by atoms with van der Waals surface area (Å²) < 4.78 is 0. The predicted octanol–water partition coefficient (Wildman–Crippen LogP) is 5.21. The van der Waals surface area contributed by atoms with Crippen LogP contribution >= 0.6 is 0 Å². The molecule has 0 heterocycles. The molecule has 0 saturated heterocycles. The van der Waals surface area contributed by atoms with E-state index in [1.807, 2.05) is 13.0 Å². The van der Waals surface area contributed by atoms with Gasteiger partial charge < -0.3 is 15.5 Å². The first-order valence-electron chi connectivity index (χ1n) is 11.2. The van der Waals surface area contributed by atoms with Crippen LogP contribution in [0.4, 0.5) is 0 Å². The van der Waals surface area contributed by atoms with Crippen molar-refractivity contribution in [2.75, 3.05) is 6.61 Å². The van der Waals surface area contributed by atoms with Gasteiger partial charge >= 0.3 is 0 Å². The highest BCUT2D eigenvalue weighted by Crippen LogP contribution is 2.06. The highest BCUT2D eigenvalue weighted by molar-refractivity contribution is 5.76. The van der Waals surface area contributed by atoms with Crippen LogP contribution < -0.4 is 5.32 Å². The number of carbonyl (C=O) groups excluding carboxylic acids is 1. The molecular formula is C24H43NO3. The quantitative estimate of drug-likeness (QED) is 0.221. The van der Waals surface area contributed by atoms with E-state index in [2.05, 4.69) is 36.5 Å². The molecule has 0 aromatic rings. The van der Waals surface area contributed by atoms with Gasteiger partial charge in [0, 0.05) is 6.42 Å². The maximum Gasteiger partial charge on any atom is 0.220 e. The molecule has 2 atom stereocenters. The number of hydrogen-bond donors (Lipinski definition) is 3. The van der Waals surface area contributed by atoms with Crippen molar-refractivity contribution in [1.29, 1.82) is 0 Å². The lowest BCUT2D eigenvalue weighted by atomic mass is 10.1. The van der Waals surface area contributed by atoms with Gasteiger partial charge in [0.05, 0.1) is 18.8 Å². The van der Waals surface area contributed by atoms with Crippen LogP contribution in [-0.2, 0) is 4.79 Å². The van der Waals surface area contributed by atoms with E-state index in [9.17, 15) is 15.0 Å². The summed E-state index contributed by atoms with van der Waals surface area (Å²) in [5.74, 6) is -0.137. The fourth-order valence-corrected chi connectivity index (χ4v) is 2.84. The number of amides is 1. The monoisotopic (exact) mass is 393 g/mol. The van der Waals surface area contributed by atoms with Crippen molar-refractivity contribution >= 4 is 5.91 Å². The Morgan fingerprint density at radius 3 is 1.96 bits per heavy atom. The molecule has 2 unspecified atom stereocenters. The zero-order chi connectivity index (χ0) is 20.9. The number of hydrogen-bond acceptors (Lipinski definition) is 3. The first-order chi connectivity index (χ1) is 13.7. The average Bonchev–Trinajstić information content (AvgIpc) is 2.69. The molecule has 0 aliphatic heterocycles. The summed E-state index contributed by atoms with van der Waals surface area (Å²) in [5.41, 5.74) is 0. The molecule has 1 amide bonds. The molecule has 162 valence electrons. The Hall–Kier alpha value is -1.39. The van der Waals surface area contributed by atoms with Crippen LogP contribution in [0.2, 0.25) is 0 Å². The number of nitrogens with one attached hydrogen (secondary N) is 1. The van der Waals surface area contributed by atoms with Crippen molar-refractivity contribution < 1.29 is 15.0 Å².